The summed E-state index contributed by atoms with van der Waals surface area (Å²) < 4.78 is 0. The average Bonchev–Trinajstić information content (AvgIpc) is 2.97. The van der Waals surface area contributed by atoms with Crippen LogP contribution in [0.3, 0.4) is 0 Å². The SMILES string of the molecule is CCc1nc2sc(C(=O)c3cccc(Cl)c3)c(N)c2c2c1CCCC2. The molecule has 5 heteroatoms. The molecule has 0 radical (unpaired) electrons. The van der Waals surface area contributed by atoms with E-state index in [1.54, 1.807) is 24.3 Å². The van der Waals surface area contributed by atoms with Crippen LogP contribution in [0, 0.1) is 0 Å². The minimum atomic E-state index is -0.0781. The summed E-state index contributed by atoms with van der Waals surface area (Å²) in [6.07, 6.45) is 5.36. The summed E-state index contributed by atoms with van der Waals surface area (Å²) in [4.78, 5) is 19.3. The van der Waals surface area contributed by atoms with Crippen LogP contribution in [0.4, 0.5) is 5.69 Å². The number of aromatic nitrogens is 1. The number of ketones is 1. The molecule has 0 atom stereocenters. The predicted octanol–water partition coefficient (Wildman–Crippen LogP) is 5.20. The van der Waals surface area contributed by atoms with Crippen molar-refractivity contribution in [3.8, 4) is 0 Å². The normalized spacial score (nSPS) is 13.8. The van der Waals surface area contributed by atoms with Crippen molar-refractivity contribution in [3.63, 3.8) is 0 Å². The van der Waals surface area contributed by atoms with Gasteiger partial charge in [-0.05, 0) is 55.4 Å². The number of carbonyl (C=O) groups excluding carboxylic acids is 1. The molecule has 0 saturated carbocycles. The van der Waals surface area contributed by atoms with E-state index < -0.39 is 0 Å². The molecule has 0 spiro atoms. The third-order valence-electron chi connectivity index (χ3n) is 4.91. The maximum absolute atomic E-state index is 13.0. The Balaban J connectivity index is 1.92. The zero-order valence-corrected chi connectivity index (χ0v) is 15.6. The van der Waals surface area contributed by atoms with Crippen LogP contribution in [0.2, 0.25) is 5.02 Å². The molecule has 128 valence electrons. The molecule has 0 amide bonds. The number of nitrogen functional groups attached to an aromatic ring is 1. The first-order chi connectivity index (χ1) is 12.1. The first-order valence-electron chi connectivity index (χ1n) is 8.63. The molecule has 0 unspecified atom stereocenters. The topological polar surface area (TPSA) is 56.0 Å². The van der Waals surface area contributed by atoms with E-state index in [0.717, 1.165) is 35.2 Å². The van der Waals surface area contributed by atoms with Crippen LogP contribution in [0.1, 0.15) is 51.8 Å². The lowest BCUT2D eigenvalue weighted by Gasteiger charge is -2.19. The standard InChI is InChI=1S/C20H19ClN2OS/c1-2-15-13-8-3-4-9-14(13)16-17(22)19(25-20(16)23-15)18(24)11-6-5-7-12(21)10-11/h5-7,10H,2-4,8-9,22H2,1H3. The van der Waals surface area contributed by atoms with E-state index in [2.05, 4.69) is 6.92 Å². The Morgan fingerprint density at radius 2 is 2.04 bits per heavy atom. The van der Waals surface area contributed by atoms with Crippen molar-refractivity contribution in [1.29, 1.82) is 0 Å². The largest absolute Gasteiger partial charge is 0.397 e. The van der Waals surface area contributed by atoms with Crippen LogP contribution in [0.5, 0.6) is 0 Å². The van der Waals surface area contributed by atoms with Gasteiger partial charge < -0.3 is 5.73 Å². The zero-order chi connectivity index (χ0) is 17.6. The van der Waals surface area contributed by atoms with Gasteiger partial charge in [0.2, 0.25) is 5.78 Å². The summed E-state index contributed by atoms with van der Waals surface area (Å²) in [5.41, 5.74) is 11.4. The molecule has 0 saturated heterocycles. The van der Waals surface area contributed by atoms with Crippen molar-refractivity contribution >= 4 is 44.6 Å². The lowest BCUT2D eigenvalue weighted by Crippen LogP contribution is -2.09. The number of pyridine rings is 1. The third-order valence-corrected chi connectivity index (χ3v) is 6.24. The Labute approximate surface area is 155 Å². The fourth-order valence-electron chi connectivity index (χ4n) is 3.71. The second-order valence-corrected chi connectivity index (χ2v) is 7.88. The maximum atomic E-state index is 13.0. The highest BCUT2D eigenvalue weighted by atomic mass is 35.5. The molecule has 1 aliphatic rings. The van der Waals surface area contributed by atoms with E-state index in [1.165, 1.54) is 35.3 Å². The summed E-state index contributed by atoms with van der Waals surface area (Å²) in [5, 5.41) is 1.55. The van der Waals surface area contributed by atoms with E-state index in [0.29, 0.717) is 21.2 Å². The van der Waals surface area contributed by atoms with Crippen molar-refractivity contribution < 1.29 is 4.79 Å². The Hall–Kier alpha value is -1.91. The number of anilines is 1. The summed E-state index contributed by atoms with van der Waals surface area (Å²) in [7, 11) is 0. The van der Waals surface area contributed by atoms with Crippen LogP contribution < -0.4 is 5.73 Å². The number of carbonyl (C=O) groups is 1. The van der Waals surface area contributed by atoms with E-state index in [9.17, 15) is 4.79 Å². The summed E-state index contributed by atoms with van der Waals surface area (Å²) in [6, 6.07) is 7.01. The highest BCUT2D eigenvalue weighted by Crippen LogP contribution is 2.40. The molecule has 0 bridgehead atoms. The molecular formula is C20H19ClN2OS. The number of hydrogen-bond donors (Lipinski definition) is 1. The van der Waals surface area contributed by atoms with E-state index in [1.807, 2.05) is 0 Å². The molecule has 3 nitrogen and oxygen atoms in total. The fraction of sp³-hybridized carbons (Fsp3) is 0.300. The van der Waals surface area contributed by atoms with Gasteiger partial charge in [0.15, 0.2) is 0 Å². The number of thiophene rings is 1. The van der Waals surface area contributed by atoms with Gasteiger partial charge >= 0.3 is 0 Å². The molecule has 1 aromatic carbocycles. The molecular weight excluding hydrogens is 352 g/mol. The molecule has 2 N–H and O–H groups in total. The second-order valence-electron chi connectivity index (χ2n) is 6.44. The number of benzene rings is 1. The van der Waals surface area contributed by atoms with Gasteiger partial charge in [0.1, 0.15) is 9.71 Å². The van der Waals surface area contributed by atoms with Crippen LogP contribution in [-0.4, -0.2) is 10.8 Å². The quantitative estimate of drug-likeness (QED) is 0.644. The highest BCUT2D eigenvalue weighted by Gasteiger charge is 2.25. The molecule has 3 aromatic rings. The van der Waals surface area contributed by atoms with Gasteiger partial charge in [-0.3, -0.25) is 4.79 Å². The number of nitrogens with zero attached hydrogens (tertiary/aromatic N) is 1. The predicted molar refractivity (Wildman–Crippen MR) is 105 cm³/mol. The second kappa shape index (κ2) is 6.43. The van der Waals surface area contributed by atoms with Gasteiger partial charge in [0.25, 0.3) is 0 Å². The molecule has 2 heterocycles. The first-order valence-corrected chi connectivity index (χ1v) is 9.82. The zero-order valence-electron chi connectivity index (χ0n) is 14.1. The fourth-order valence-corrected chi connectivity index (χ4v) is 5.01. The molecule has 1 aliphatic carbocycles. The maximum Gasteiger partial charge on any atom is 0.205 e. The summed E-state index contributed by atoms with van der Waals surface area (Å²) >= 11 is 7.44. The smallest absolute Gasteiger partial charge is 0.205 e. The van der Waals surface area contributed by atoms with E-state index in [4.69, 9.17) is 22.3 Å². The minimum Gasteiger partial charge on any atom is -0.397 e. The molecule has 0 fully saturated rings. The van der Waals surface area contributed by atoms with Crippen LogP contribution in [-0.2, 0) is 19.3 Å². The number of fused-ring (bicyclic) bond motifs is 3. The van der Waals surface area contributed by atoms with Crippen molar-refractivity contribution in [2.75, 3.05) is 5.73 Å². The van der Waals surface area contributed by atoms with Gasteiger partial charge in [0, 0.05) is 21.7 Å². The average molecular weight is 371 g/mol. The van der Waals surface area contributed by atoms with Gasteiger partial charge in [-0.15, -0.1) is 11.3 Å². The Morgan fingerprint density at radius 3 is 2.76 bits per heavy atom. The van der Waals surface area contributed by atoms with Gasteiger partial charge in [0.05, 0.1) is 5.69 Å². The van der Waals surface area contributed by atoms with Gasteiger partial charge in [-0.25, -0.2) is 4.98 Å². The number of rotatable bonds is 3. The number of nitrogens with two attached hydrogens (primary N) is 1. The van der Waals surface area contributed by atoms with Crippen molar-refractivity contribution in [2.45, 2.75) is 39.0 Å². The Morgan fingerprint density at radius 1 is 1.28 bits per heavy atom. The van der Waals surface area contributed by atoms with E-state index >= 15 is 0 Å². The van der Waals surface area contributed by atoms with E-state index in [-0.39, 0.29) is 5.78 Å². The number of hydrogen-bond acceptors (Lipinski definition) is 4. The van der Waals surface area contributed by atoms with Gasteiger partial charge in [-0.2, -0.15) is 0 Å². The lowest BCUT2D eigenvalue weighted by atomic mass is 9.88. The van der Waals surface area contributed by atoms with Crippen molar-refractivity contribution in [1.82, 2.24) is 4.98 Å². The summed E-state index contributed by atoms with van der Waals surface area (Å²) in [5.74, 6) is -0.0781. The Bertz CT molecular complexity index is 993. The number of aryl methyl sites for hydroxylation is 2. The lowest BCUT2D eigenvalue weighted by molar-refractivity contribution is 0.104. The van der Waals surface area contributed by atoms with Crippen molar-refractivity contribution in [2.24, 2.45) is 0 Å². The van der Waals surface area contributed by atoms with Crippen LogP contribution >= 0.6 is 22.9 Å². The molecule has 4 rings (SSSR count). The molecule has 0 aliphatic heterocycles. The first kappa shape index (κ1) is 16.6. The van der Waals surface area contributed by atoms with Crippen molar-refractivity contribution in [3.05, 3.63) is 56.5 Å². The monoisotopic (exact) mass is 370 g/mol. The molecule has 2 aromatic heterocycles. The molecule has 25 heavy (non-hydrogen) atoms. The minimum absolute atomic E-state index is 0.0781. The number of halogens is 1. The third kappa shape index (κ3) is 2.74. The van der Waals surface area contributed by atoms with Crippen LogP contribution in [0.25, 0.3) is 10.2 Å². The van der Waals surface area contributed by atoms with Gasteiger partial charge in [-0.1, -0.05) is 30.7 Å². The van der Waals surface area contributed by atoms with Crippen LogP contribution in [0.15, 0.2) is 24.3 Å². The summed E-state index contributed by atoms with van der Waals surface area (Å²) in [6.45, 7) is 2.14. The Kier molecular flexibility index (Phi) is 4.26. The highest BCUT2D eigenvalue weighted by molar-refractivity contribution is 7.21.